The minimum atomic E-state index is -0.255. The van der Waals surface area contributed by atoms with Crippen LogP contribution in [0.2, 0.25) is 0 Å². The average Bonchev–Trinajstić information content (AvgIpc) is 2.72. The fourth-order valence-electron chi connectivity index (χ4n) is 1.93. The summed E-state index contributed by atoms with van der Waals surface area (Å²) < 4.78 is 0. The molecule has 33 heavy (non-hydrogen) atoms. The summed E-state index contributed by atoms with van der Waals surface area (Å²) in [5.74, 6) is 0. The van der Waals surface area contributed by atoms with E-state index in [-0.39, 0.29) is 48.3 Å². The molecular formula is C20H40N4O4PbS4-4. The molecule has 0 aromatic carbocycles. The molecule has 4 amide bonds. The van der Waals surface area contributed by atoms with Crippen LogP contribution in [0.3, 0.4) is 0 Å². The number of hydrogen-bond acceptors (Lipinski definition) is 8. The maximum absolute atomic E-state index is 10.3. The molecule has 0 unspecified atom stereocenters. The summed E-state index contributed by atoms with van der Waals surface area (Å²) in [6.07, 6.45) is 0. The second kappa shape index (κ2) is 29.7. The average molecular weight is 736 g/mol. The third kappa shape index (κ3) is 27.8. The molecule has 0 aliphatic rings. The van der Waals surface area contributed by atoms with Crippen LogP contribution in [-0.4, -0.2) is 120 Å². The van der Waals surface area contributed by atoms with Crippen LogP contribution in [0.1, 0.15) is 55.4 Å². The van der Waals surface area contributed by atoms with Crippen LogP contribution in [0, 0.1) is 0 Å². The first kappa shape index (κ1) is 42.8. The van der Waals surface area contributed by atoms with Gasteiger partial charge in [-0.1, -0.05) is 0 Å². The molecule has 0 heterocycles. The minimum absolute atomic E-state index is 0. The van der Waals surface area contributed by atoms with E-state index in [0.29, 0.717) is 0 Å². The standard InChI is InChI=1S/4C5H11NOS.Pb/c4*1-3-6(4-2)5(7)8;/h4*3-4H2,1-2H3,(H,7,8);/p-4. The van der Waals surface area contributed by atoms with E-state index in [1.165, 1.54) is 0 Å². The summed E-state index contributed by atoms with van der Waals surface area (Å²) in [5.41, 5.74) is 0. The molecule has 0 fully saturated rings. The van der Waals surface area contributed by atoms with Crippen molar-refractivity contribution < 1.29 is 19.2 Å². The summed E-state index contributed by atoms with van der Waals surface area (Å²) in [6, 6.07) is 0. The molecule has 0 saturated heterocycles. The second-order valence-corrected chi connectivity index (χ2v) is 7.15. The molecule has 13 heteroatoms. The second-order valence-electron chi connectivity index (χ2n) is 5.75. The van der Waals surface area contributed by atoms with Crippen molar-refractivity contribution in [3.8, 4) is 0 Å². The first-order valence-corrected chi connectivity index (χ1v) is 12.3. The molecule has 0 rings (SSSR count). The molecule has 0 aliphatic heterocycles. The number of amides is 4. The quantitative estimate of drug-likeness (QED) is 0.277. The van der Waals surface area contributed by atoms with Crippen LogP contribution < -0.4 is 0 Å². The van der Waals surface area contributed by atoms with Gasteiger partial charge in [0, 0.05) is 79.7 Å². The third-order valence-corrected chi connectivity index (χ3v) is 5.12. The maximum Gasteiger partial charge on any atom is 0.101 e. The van der Waals surface area contributed by atoms with E-state index in [1.807, 2.05) is 55.4 Å². The summed E-state index contributed by atoms with van der Waals surface area (Å²) in [6.45, 7) is 21.1. The number of hydrogen-bond donors (Lipinski definition) is 0. The van der Waals surface area contributed by atoms with Gasteiger partial charge in [-0.25, -0.2) is 0 Å². The molecular weight excluding hydrogens is 696 g/mol. The van der Waals surface area contributed by atoms with E-state index in [9.17, 15) is 19.2 Å². The van der Waals surface area contributed by atoms with Crippen LogP contribution >= 0.6 is 0 Å². The van der Waals surface area contributed by atoms with E-state index in [1.54, 1.807) is 19.6 Å². The van der Waals surface area contributed by atoms with Gasteiger partial charge < -0.3 is 89.3 Å². The SMILES string of the molecule is CCN(CC)C(=O)[S-].CCN(CC)C(=O)[S-].CCN(CC)C(=O)[S-].CCN(CC)C(=O)[S-].[Pb]. The molecule has 0 spiro atoms. The zero-order chi connectivity index (χ0) is 26.3. The van der Waals surface area contributed by atoms with E-state index in [0.717, 1.165) is 52.4 Å². The Bertz CT molecular complexity index is 416. The fraction of sp³-hybridized carbons (Fsp3) is 0.800. The first-order chi connectivity index (χ1) is 14.9. The molecule has 0 atom stereocenters. The van der Waals surface area contributed by atoms with Crippen LogP contribution in [0.25, 0.3) is 0 Å². The largest absolute Gasteiger partial charge is 0.719 e. The Hall–Kier alpha value is -0.318. The minimum Gasteiger partial charge on any atom is -0.719 e. The molecule has 0 aromatic heterocycles. The van der Waals surface area contributed by atoms with Gasteiger partial charge in [-0.2, -0.15) is 0 Å². The predicted octanol–water partition coefficient (Wildman–Crippen LogP) is 3.60. The van der Waals surface area contributed by atoms with E-state index in [2.05, 4.69) is 50.5 Å². The van der Waals surface area contributed by atoms with Gasteiger partial charge in [0.2, 0.25) is 0 Å². The Kier molecular flexibility index (Phi) is 38.5. The van der Waals surface area contributed by atoms with E-state index in [4.69, 9.17) is 0 Å². The molecule has 196 valence electrons. The van der Waals surface area contributed by atoms with Crippen LogP contribution in [0.5, 0.6) is 0 Å². The number of nitrogens with zero attached hydrogens (tertiary/aromatic N) is 4. The topological polar surface area (TPSA) is 81.2 Å². The monoisotopic (exact) mass is 736 g/mol. The van der Waals surface area contributed by atoms with Crippen LogP contribution in [-0.2, 0) is 50.5 Å². The molecule has 0 aliphatic carbocycles. The third-order valence-electron chi connectivity index (χ3n) is 4.09. The van der Waals surface area contributed by atoms with Crippen molar-refractivity contribution in [3.63, 3.8) is 0 Å². The number of rotatable bonds is 8. The molecule has 4 radical (unpaired) electrons. The maximum atomic E-state index is 10.3. The van der Waals surface area contributed by atoms with Crippen molar-refractivity contribution in [2.75, 3.05) is 52.4 Å². The Morgan fingerprint density at radius 2 is 0.485 bits per heavy atom. The van der Waals surface area contributed by atoms with Crippen LogP contribution in [0.4, 0.5) is 19.2 Å². The smallest absolute Gasteiger partial charge is 0.101 e. The Morgan fingerprint density at radius 1 is 0.394 bits per heavy atom. The van der Waals surface area contributed by atoms with Crippen LogP contribution in [0.15, 0.2) is 0 Å². The molecule has 0 bridgehead atoms. The Balaban J connectivity index is -0.000000105. The Labute approximate surface area is 243 Å². The van der Waals surface area contributed by atoms with Crippen molar-refractivity contribution >= 4 is 98.8 Å². The van der Waals surface area contributed by atoms with Gasteiger partial charge in [0.1, 0.15) is 21.0 Å². The molecule has 8 nitrogen and oxygen atoms in total. The summed E-state index contributed by atoms with van der Waals surface area (Å²) >= 11 is 17.5. The zero-order valence-electron chi connectivity index (χ0n) is 21.2. The van der Waals surface area contributed by atoms with Gasteiger partial charge >= 0.3 is 0 Å². The predicted molar refractivity (Wildman–Crippen MR) is 148 cm³/mol. The normalized spacial score (nSPS) is 8.48. The molecule has 0 N–H and O–H groups in total. The van der Waals surface area contributed by atoms with Crippen molar-refractivity contribution in [3.05, 3.63) is 0 Å². The summed E-state index contributed by atoms with van der Waals surface area (Å²) in [4.78, 5) is 47.8. The van der Waals surface area contributed by atoms with E-state index >= 15 is 0 Å². The van der Waals surface area contributed by atoms with Crippen molar-refractivity contribution in [1.82, 2.24) is 19.6 Å². The number of carbonyl (C=O) groups excluding carboxylic acids is 4. The number of carbonyl (C=O) groups is 4. The van der Waals surface area contributed by atoms with Gasteiger partial charge in [-0.3, -0.25) is 0 Å². The zero-order valence-corrected chi connectivity index (χ0v) is 28.4. The van der Waals surface area contributed by atoms with Crippen molar-refractivity contribution in [2.45, 2.75) is 55.4 Å². The summed E-state index contributed by atoms with van der Waals surface area (Å²) in [5, 5.41) is -1.02. The van der Waals surface area contributed by atoms with Gasteiger partial charge in [-0.15, -0.1) is 0 Å². The van der Waals surface area contributed by atoms with Crippen molar-refractivity contribution in [1.29, 1.82) is 0 Å². The van der Waals surface area contributed by atoms with Gasteiger partial charge in [-0.05, 0) is 55.4 Å². The van der Waals surface area contributed by atoms with Crippen molar-refractivity contribution in [2.24, 2.45) is 0 Å². The van der Waals surface area contributed by atoms with E-state index < -0.39 is 0 Å². The fourth-order valence-corrected chi connectivity index (χ4v) is 2.96. The first-order valence-electron chi connectivity index (χ1n) is 10.7. The van der Waals surface area contributed by atoms with Gasteiger partial charge in [0.25, 0.3) is 0 Å². The Morgan fingerprint density at radius 3 is 0.485 bits per heavy atom. The van der Waals surface area contributed by atoms with Gasteiger partial charge in [0.05, 0.1) is 0 Å². The summed E-state index contributed by atoms with van der Waals surface area (Å²) in [7, 11) is 0. The molecule has 0 saturated carbocycles. The van der Waals surface area contributed by atoms with Gasteiger partial charge in [0.15, 0.2) is 0 Å². The molecule has 0 aromatic rings.